The fraction of sp³-hybridized carbons (Fsp3) is 0.533. The number of rotatable bonds is 2. The van der Waals surface area contributed by atoms with Crippen molar-refractivity contribution in [1.82, 2.24) is 0 Å². The molecular weight excluding hydrogens is 290 g/mol. The van der Waals surface area contributed by atoms with Gasteiger partial charge in [-0.3, -0.25) is 0 Å². The molecule has 96 valence electrons. The van der Waals surface area contributed by atoms with Gasteiger partial charge in [0.2, 0.25) is 0 Å². The highest BCUT2D eigenvalue weighted by Crippen LogP contribution is 2.44. The Balaban J connectivity index is 2.29. The van der Waals surface area contributed by atoms with Crippen LogP contribution in [0.15, 0.2) is 28.7 Å². The lowest BCUT2D eigenvalue weighted by Gasteiger charge is -2.31. The zero-order valence-electron chi connectivity index (χ0n) is 10.4. The molecule has 18 heavy (non-hydrogen) atoms. The maximum Gasteiger partial charge on any atom is 0.0976 e. The molecule has 1 fully saturated rings. The number of aliphatic hydroxyl groups excluding tert-OH is 1. The van der Waals surface area contributed by atoms with Crippen molar-refractivity contribution in [1.29, 1.82) is 5.26 Å². The van der Waals surface area contributed by atoms with Crippen LogP contribution in [0.5, 0.6) is 0 Å². The first-order valence-electron chi connectivity index (χ1n) is 6.53. The van der Waals surface area contributed by atoms with E-state index in [1.54, 1.807) is 0 Å². The third-order valence-corrected chi connectivity index (χ3v) is 4.40. The minimum atomic E-state index is -0.682. The molecule has 1 aromatic rings. The second-order valence-electron chi connectivity index (χ2n) is 5.14. The van der Waals surface area contributed by atoms with Crippen LogP contribution in [0.4, 0.5) is 0 Å². The molecule has 1 aromatic carbocycles. The standard InChI is InChI=1S/C15H18BrNO/c16-13-7-5-6-12(10-13)14(18)15(11-17)8-3-1-2-4-9-15/h5-7,10,14,18H,1-4,8-9H2. The molecule has 1 atom stereocenters. The molecule has 1 aliphatic carbocycles. The molecule has 1 N–H and O–H groups in total. The maximum absolute atomic E-state index is 10.6. The van der Waals surface area contributed by atoms with Crippen LogP contribution in [0.2, 0.25) is 0 Å². The molecule has 0 saturated heterocycles. The lowest BCUT2D eigenvalue weighted by atomic mass is 9.74. The van der Waals surface area contributed by atoms with Crippen LogP contribution in [-0.2, 0) is 0 Å². The first-order chi connectivity index (χ1) is 8.68. The fourth-order valence-electron chi connectivity index (χ4n) is 2.80. The maximum atomic E-state index is 10.6. The van der Waals surface area contributed by atoms with Crippen LogP contribution >= 0.6 is 15.9 Å². The summed E-state index contributed by atoms with van der Waals surface area (Å²) in [6, 6.07) is 10.1. The van der Waals surface area contributed by atoms with Gasteiger partial charge in [-0.05, 0) is 30.5 Å². The van der Waals surface area contributed by atoms with Crippen LogP contribution in [0.1, 0.15) is 50.2 Å². The summed E-state index contributed by atoms with van der Waals surface area (Å²) in [5.41, 5.74) is 0.241. The van der Waals surface area contributed by atoms with E-state index in [0.29, 0.717) is 0 Å². The predicted octanol–water partition coefficient (Wildman–Crippen LogP) is 4.35. The number of benzene rings is 1. The molecule has 3 heteroatoms. The Morgan fingerprint density at radius 3 is 2.44 bits per heavy atom. The lowest BCUT2D eigenvalue weighted by molar-refractivity contribution is 0.0516. The molecular formula is C15H18BrNO. The van der Waals surface area contributed by atoms with Crippen LogP contribution < -0.4 is 0 Å². The molecule has 0 aliphatic heterocycles. The number of hydrogen-bond donors (Lipinski definition) is 1. The summed E-state index contributed by atoms with van der Waals surface area (Å²) in [4.78, 5) is 0. The van der Waals surface area contributed by atoms with Gasteiger partial charge in [-0.15, -0.1) is 0 Å². The average molecular weight is 308 g/mol. The minimum absolute atomic E-state index is 0.600. The van der Waals surface area contributed by atoms with Gasteiger partial charge in [0.1, 0.15) is 0 Å². The van der Waals surface area contributed by atoms with Crippen molar-refractivity contribution >= 4 is 15.9 Å². The SMILES string of the molecule is N#CC1(C(O)c2cccc(Br)c2)CCCCCC1. The third kappa shape index (κ3) is 2.76. The molecule has 0 amide bonds. The van der Waals surface area contributed by atoms with E-state index in [1.807, 2.05) is 24.3 Å². The quantitative estimate of drug-likeness (QED) is 0.826. The largest absolute Gasteiger partial charge is 0.387 e. The van der Waals surface area contributed by atoms with Gasteiger partial charge < -0.3 is 5.11 Å². The van der Waals surface area contributed by atoms with Gasteiger partial charge in [0.25, 0.3) is 0 Å². The van der Waals surface area contributed by atoms with Crippen LogP contribution in [0, 0.1) is 16.7 Å². The topological polar surface area (TPSA) is 44.0 Å². The van der Waals surface area contributed by atoms with Crippen molar-refractivity contribution in [2.45, 2.75) is 44.6 Å². The van der Waals surface area contributed by atoms with Gasteiger partial charge in [0.05, 0.1) is 17.6 Å². The van der Waals surface area contributed by atoms with E-state index in [4.69, 9.17) is 0 Å². The van der Waals surface area contributed by atoms with Crippen molar-refractivity contribution in [3.05, 3.63) is 34.3 Å². The normalized spacial score (nSPS) is 20.7. The zero-order chi connectivity index (χ0) is 13.0. The summed E-state index contributed by atoms with van der Waals surface area (Å²) in [7, 11) is 0. The summed E-state index contributed by atoms with van der Waals surface area (Å²) in [6.45, 7) is 0. The smallest absolute Gasteiger partial charge is 0.0976 e. The Morgan fingerprint density at radius 1 is 1.22 bits per heavy atom. The summed E-state index contributed by atoms with van der Waals surface area (Å²) in [5.74, 6) is 0. The second kappa shape index (κ2) is 5.86. The highest BCUT2D eigenvalue weighted by Gasteiger charge is 2.39. The molecule has 0 heterocycles. The fourth-order valence-corrected chi connectivity index (χ4v) is 3.22. The van der Waals surface area contributed by atoms with E-state index in [9.17, 15) is 10.4 Å². The van der Waals surface area contributed by atoms with Crippen molar-refractivity contribution in [2.75, 3.05) is 0 Å². The average Bonchev–Trinajstić information content (AvgIpc) is 2.64. The van der Waals surface area contributed by atoms with Crippen LogP contribution in [-0.4, -0.2) is 5.11 Å². The Morgan fingerprint density at radius 2 is 1.89 bits per heavy atom. The first kappa shape index (κ1) is 13.6. The Bertz CT molecular complexity index is 444. The third-order valence-electron chi connectivity index (χ3n) is 3.91. The summed E-state index contributed by atoms with van der Waals surface area (Å²) < 4.78 is 0.945. The number of halogens is 1. The summed E-state index contributed by atoms with van der Waals surface area (Å²) >= 11 is 3.42. The van der Waals surface area contributed by atoms with Gasteiger partial charge in [-0.1, -0.05) is 53.7 Å². The Hall–Kier alpha value is -0.850. The summed E-state index contributed by atoms with van der Waals surface area (Å²) in [6.07, 6.45) is 5.35. The van der Waals surface area contributed by atoms with Crippen molar-refractivity contribution in [3.8, 4) is 6.07 Å². The second-order valence-corrected chi connectivity index (χ2v) is 6.06. The number of hydrogen-bond acceptors (Lipinski definition) is 2. The highest BCUT2D eigenvalue weighted by atomic mass is 79.9. The molecule has 0 spiro atoms. The molecule has 2 rings (SSSR count). The Kier molecular flexibility index (Phi) is 4.42. The number of nitrogens with zero attached hydrogens (tertiary/aromatic N) is 1. The molecule has 2 nitrogen and oxygen atoms in total. The van der Waals surface area contributed by atoms with Crippen LogP contribution in [0.25, 0.3) is 0 Å². The van der Waals surface area contributed by atoms with Gasteiger partial charge >= 0.3 is 0 Å². The zero-order valence-corrected chi connectivity index (χ0v) is 12.0. The van der Waals surface area contributed by atoms with E-state index < -0.39 is 11.5 Å². The minimum Gasteiger partial charge on any atom is -0.387 e. The summed E-state index contributed by atoms with van der Waals surface area (Å²) in [5, 5.41) is 20.1. The van der Waals surface area contributed by atoms with Gasteiger partial charge in [-0.2, -0.15) is 5.26 Å². The van der Waals surface area contributed by atoms with Gasteiger partial charge in [-0.25, -0.2) is 0 Å². The van der Waals surface area contributed by atoms with Crippen molar-refractivity contribution < 1.29 is 5.11 Å². The van der Waals surface area contributed by atoms with E-state index in [1.165, 1.54) is 12.8 Å². The van der Waals surface area contributed by atoms with E-state index in [-0.39, 0.29) is 0 Å². The number of aliphatic hydroxyl groups is 1. The van der Waals surface area contributed by atoms with Crippen LogP contribution in [0.3, 0.4) is 0 Å². The van der Waals surface area contributed by atoms with Crippen molar-refractivity contribution in [2.24, 2.45) is 5.41 Å². The predicted molar refractivity (Wildman–Crippen MR) is 74.8 cm³/mol. The van der Waals surface area contributed by atoms with Gasteiger partial charge in [0.15, 0.2) is 0 Å². The first-order valence-corrected chi connectivity index (χ1v) is 7.32. The molecule has 1 unspecified atom stereocenters. The Labute approximate surface area is 117 Å². The van der Waals surface area contributed by atoms with Crippen molar-refractivity contribution in [3.63, 3.8) is 0 Å². The molecule has 0 radical (unpaired) electrons. The molecule has 1 aliphatic rings. The van der Waals surface area contributed by atoms with E-state index >= 15 is 0 Å². The lowest BCUT2D eigenvalue weighted by Crippen LogP contribution is -2.27. The van der Waals surface area contributed by atoms with Gasteiger partial charge in [0, 0.05) is 4.47 Å². The highest BCUT2D eigenvalue weighted by molar-refractivity contribution is 9.10. The molecule has 1 saturated carbocycles. The van der Waals surface area contributed by atoms with E-state index in [0.717, 1.165) is 35.7 Å². The molecule has 0 aromatic heterocycles. The molecule has 0 bridgehead atoms. The number of nitriles is 1. The van der Waals surface area contributed by atoms with E-state index in [2.05, 4.69) is 22.0 Å². The monoisotopic (exact) mass is 307 g/mol.